The van der Waals surface area contributed by atoms with Crippen molar-refractivity contribution in [3.63, 3.8) is 0 Å². The lowest BCUT2D eigenvalue weighted by Gasteiger charge is -2.35. The maximum atomic E-state index is 6.08. The van der Waals surface area contributed by atoms with Crippen molar-refractivity contribution in [2.75, 3.05) is 26.2 Å². The number of hydrogen-bond acceptors (Lipinski definition) is 3. The number of benzene rings is 1. The van der Waals surface area contributed by atoms with Gasteiger partial charge in [0.05, 0.1) is 13.2 Å². The van der Waals surface area contributed by atoms with E-state index < -0.39 is 0 Å². The lowest BCUT2D eigenvalue weighted by molar-refractivity contribution is 0.167. The van der Waals surface area contributed by atoms with Crippen molar-refractivity contribution < 1.29 is 4.74 Å². The van der Waals surface area contributed by atoms with Crippen molar-refractivity contribution in [2.45, 2.75) is 59.2 Å². The molecular formula is C20H33ClN4O. The van der Waals surface area contributed by atoms with Gasteiger partial charge in [0, 0.05) is 42.3 Å². The summed E-state index contributed by atoms with van der Waals surface area (Å²) >= 11 is 6.08. The number of piperidine rings is 1. The first-order chi connectivity index (χ1) is 12.5. The van der Waals surface area contributed by atoms with E-state index >= 15 is 0 Å². The Morgan fingerprint density at radius 2 is 2.04 bits per heavy atom. The Balaban J connectivity index is 1.99. The van der Waals surface area contributed by atoms with Crippen LogP contribution < -0.4 is 15.4 Å². The van der Waals surface area contributed by atoms with Gasteiger partial charge in [0.15, 0.2) is 5.96 Å². The van der Waals surface area contributed by atoms with Crippen molar-refractivity contribution in [1.82, 2.24) is 15.5 Å². The monoisotopic (exact) mass is 380 g/mol. The van der Waals surface area contributed by atoms with Crippen LogP contribution in [0.3, 0.4) is 0 Å². The van der Waals surface area contributed by atoms with Crippen molar-refractivity contribution in [2.24, 2.45) is 4.99 Å². The molecule has 0 atom stereocenters. The lowest BCUT2D eigenvalue weighted by atomic mass is 10.0. The van der Waals surface area contributed by atoms with E-state index in [4.69, 9.17) is 21.3 Å². The van der Waals surface area contributed by atoms with Gasteiger partial charge in [-0.3, -0.25) is 0 Å². The third-order valence-electron chi connectivity index (χ3n) is 4.68. The van der Waals surface area contributed by atoms with Gasteiger partial charge in [-0.25, -0.2) is 4.99 Å². The average molecular weight is 381 g/mol. The zero-order chi connectivity index (χ0) is 18.9. The SMILES string of the molecule is CCNC(=NCc1ccc(Cl)cc1OCC)NC1CCN(C(C)C)CC1. The molecule has 1 fully saturated rings. The zero-order valence-electron chi connectivity index (χ0n) is 16.5. The zero-order valence-corrected chi connectivity index (χ0v) is 17.3. The largest absolute Gasteiger partial charge is 0.493 e. The van der Waals surface area contributed by atoms with Crippen LogP contribution in [0.15, 0.2) is 23.2 Å². The molecule has 0 bridgehead atoms. The van der Waals surface area contributed by atoms with Crippen LogP contribution in [0, 0.1) is 0 Å². The quantitative estimate of drug-likeness (QED) is 0.559. The third-order valence-corrected chi connectivity index (χ3v) is 4.92. The Morgan fingerprint density at radius 1 is 1.31 bits per heavy atom. The summed E-state index contributed by atoms with van der Waals surface area (Å²) in [4.78, 5) is 7.29. The fourth-order valence-corrected chi connectivity index (χ4v) is 3.35. The second-order valence-electron chi connectivity index (χ2n) is 6.93. The predicted octanol–water partition coefficient (Wildman–Crippen LogP) is 3.67. The Bertz CT molecular complexity index is 583. The van der Waals surface area contributed by atoms with Gasteiger partial charge < -0.3 is 20.3 Å². The second kappa shape index (κ2) is 10.6. The smallest absolute Gasteiger partial charge is 0.191 e. The molecule has 1 aliphatic rings. The first-order valence-electron chi connectivity index (χ1n) is 9.73. The molecule has 1 heterocycles. The molecule has 0 unspecified atom stereocenters. The molecule has 5 nitrogen and oxygen atoms in total. The van der Waals surface area contributed by atoms with Crippen molar-refractivity contribution in [1.29, 1.82) is 0 Å². The van der Waals surface area contributed by atoms with Gasteiger partial charge in [-0.15, -0.1) is 0 Å². The van der Waals surface area contributed by atoms with Crippen LogP contribution in [0.25, 0.3) is 0 Å². The van der Waals surface area contributed by atoms with Crippen molar-refractivity contribution >= 4 is 17.6 Å². The van der Waals surface area contributed by atoms with Gasteiger partial charge in [-0.05, 0) is 52.7 Å². The van der Waals surface area contributed by atoms with E-state index in [1.165, 1.54) is 0 Å². The molecule has 0 aromatic heterocycles. The number of aliphatic imine (C=N–C) groups is 1. The van der Waals surface area contributed by atoms with Gasteiger partial charge in [0.25, 0.3) is 0 Å². The second-order valence-corrected chi connectivity index (χ2v) is 7.36. The molecule has 2 N–H and O–H groups in total. The summed E-state index contributed by atoms with van der Waals surface area (Å²) in [6, 6.07) is 6.83. The number of ether oxygens (including phenoxy) is 1. The van der Waals surface area contributed by atoms with E-state index in [1.54, 1.807) is 0 Å². The summed E-state index contributed by atoms with van der Waals surface area (Å²) in [6.45, 7) is 12.9. The predicted molar refractivity (Wildman–Crippen MR) is 110 cm³/mol. The summed E-state index contributed by atoms with van der Waals surface area (Å²) in [6.07, 6.45) is 2.29. The number of halogens is 1. The van der Waals surface area contributed by atoms with E-state index in [2.05, 4.69) is 36.3 Å². The highest BCUT2D eigenvalue weighted by Gasteiger charge is 2.21. The highest BCUT2D eigenvalue weighted by Crippen LogP contribution is 2.24. The Hall–Kier alpha value is -1.46. The van der Waals surface area contributed by atoms with Gasteiger partial charge >= 0.3 is 0 Å². The van der Waals surface area contributed by atoms with E-state index in [9.17, 15) is 0 Å². The van der Waals surface area contributed by atoms with E-state index in [-0.39, 0.29) is 0 Å². The number of hydrogen-bond donors (Lipinski definition) is 2. The molecule has 0 spiro atoms. The molecule has 2 rings (SSSR count). The summed E-state index contributed by atoms with van der Waals surface area (Å²) in [5.41, 5.74) is 1.04. The molecule has 146 valence electrons. The normalized spacial score (nSPS) is 16.8. The number of guanidine groups is 1. The fraction of sp³-hybridized carbons (Fsp3) is 0.650. The summed E-state index contributed by atoms with van der Waals surface area (Å²) in [5, 5.41) is 7.63. The number of nitrogens with zero attached hydrogens (tertiary/aromatic N) is 2. The molecular weight excluding hydrogens is 348 g/mol. The highest BCUT2D eigenvalue weighted by atomic mass is 35.5. The number of nitrogens with one attached hydrogen (secondary N) is 2. The van der Waals surface area contributed by atoms with E-state index in [0.717, 1.165) is 49.7 Å². The minimum atomic E-state index is 0.472. The topological polar surface area (TPSA) is 48.9 Å². The van der Waals surface area contributed by atoms with Gasteiger partial charge in [0.2, 0.25) is 0 Å². The van der Waals surface area contributed by atoms with Crippen LogP contribution >= 0.6 is 11.6 Å². The first-order valence-corrected chi connectivity index (χ1v) is 10.1. The Kier molecular flexibility index (Phi) is 8.52. The Labute approximate surface area is 163 Å². The van der Waals surface area contributed by atoms with E-state index in [1.807, 2.05) is 25.1 Å². The van der Waals surface area contributed by atoms with Crippen LogP contribution in [0.1, 0.15) is 46.1 Å². The molecule has 0 radical (unpaired) electrons. The standard InChI is InChI=1S/C20H33ClN4O/c1-5-22-20(24-18-9-11-25(12-10-18)15(3)4)23-14-16-7-8-17(21)13-19(16)26-6-2/h7-8,13,15,18H,5-6,9-12,14H2,1-4H3,(H2,22,23,24). The molecule has 1 aromatic carbocycles. The van der Waals surface area contributed by atoms with Gasteiger partial charge in [-0.2, -0.15) is 0 Å². The van der Waals surface area contributed by atoms with Crippen LogP contribution in [0.4, 0.5) is 0 Å². The van der Waals surface area contributed by atoms with Gasteiger partial charge in [-0.1, -0.05) is 17.7 Å². The molecule has 1 aliphatic heterocycles. The van der Waals surface area contributed by atoms with Gasteiger partial charge in [0.1, 0.15) is 5.75 Å². The Morgan fingerprint density at radius 3 is 2.65 bits per heavy atom. The molecule has 0 saturated carbocycles. The maximum Gasteiger partial charge on any atom is 0.191 e. The van der Waals surface area contributed by atoms with Crippen LogP contribution in [0.5, 0.6) is 5.75 Å². The minimum absolute atomic E-state index is 0.472. The molecule has 1 aromatic rings. The molecule has 26 heavy (non-hydrogen) atoms. The molecule has 1 saturated heterocycles. The summed E-state index contributed by atoms with van der Waals surface area (Å²) in [5.74, 6) is 1.68. The summed E-state index contributed by atoms with van der Waals surface area (Å²) in [7, 11) is 0. The van der Waals surface area contributed by atoms with E-state index in [0.29, 0.717) is 30.3 Å². The number of likely N-dealkylation sites (tertiary alicyclic amines) is 1. The average Bonchev–Trinajstić information content (AvgIpc) is 2.62. The highest BCUT2D eigenvalue weighted by molar-refractivity contribution is 6.30. The molecule has 0 aliphatic carbocycles. The van der Waals surface area contributed by atoms with Crippen LogP contribution in [0.2, 0.25) is 5.02 Å². The summed E-state index contributed by atoms with van der Waals surface area (Å²) < 4.78 is 5.69. The molecule has 6 heteroatoms. The molecule has 0 amide bonds. The first kappa shape index (κ1) is 20.8. The van der Waals surface area contributed by atoms with Crippen molar-refractivity contribution in [3.05, 3.63) is 28.8 Å². The fourth-order valence-electron chi connectivity index (χ4n) is 3.19. The third kappa shape index (κ3) is 6.36. The van der Waals surface area contributed by atoms with Crippen LogP contribution in [-0.2, 0) is 6.54 Å². The number of rotatable bonds is 7. The lowest BCUT2D eigenvalue weighted by Crippen LogP contribution is -2.49. The minimum Gasteiger partial charge on any atom is -0.493 e. The maximum absolute atomic E-state index is 6.08. The van der Waals surface area contributed by atoms with Crippen LogP contribution in [-0.4, -0.2) is 49.2 Å². The van der Waals surface area contributed by atoms with Crippen molar-refractivity contribution in [3.8, 4) is 5.75 Å².